The Morgan fingerprint density at radius 2 is 2.11 bits per heavy atom. The summed E-state index contributed by atoms with van der Waals surface area (Å²) in [5, 5.41) is 15.0. The van der Waals surface area contributed by atoms with Crippen molar-refractivity contribution in [3.05, 3.63) is 12.2 Å². The number of nitrogens with zero attached hydrogens (tertiary/aromatic N) is 3. The number of fused-ring (bicyclic) bond motifs is 1. The molecule has 1 fully saturated rings. The van der Waals surface area contributed by atoms with Crippen molar-refractivity contribution in [3.8, 4) is 0 Å². The van der Waals surface area contributed by atoms with Gasteiger partial charge in [0, 0.05) is 19.3 Å². The number of aromatic nitrogens is 3. The molecule has 0 amide bonds. The lowest BCUT2D eigenvalue weighted by molar-refractivity contribution is -0.0135. The first kappa shape index (κ1) is 14.2. The first-order chi connectivity index (χ1) is 8.73. The van der Waals surface area contributed by atoms with Gasteiger partial charge in [0.25, 0.3) is 0 Å². The van der Waals surface area contributed by atoms with E-state index in [0.717, 1.165) is 12.8 Å². The number of hydrogen-bond acceptors (Lipinski definition) is 3. The molecular formula is C11H13Cl4N3O. The van der Waals surface area contributed by atoms with Crippen LogP contribution < -0.4 is 0 Å². The molecule has 0 aromatic carbocycles. The van der Waals surface area contributed by atoms with Crippen LogP contribution in [0.15, 0.2) is 6.33 Å². The summed E-state index contributed by atoms with van der Waals surface area (Å²) < 4.78 is 0.341. The summed E-state index contributed by atoms with van der Waals surface area (Å²) in [7, 11) is 0. The van der Waals surface area contributed by atoms with E-state index in [1.54, 1.807) is 4.68 Å². The van der Waals surface area contributed by atoms with Crippen LogP contribution in [0.25, 0.3) is 0 Å². The summed E-state index contributed by atoms with van der Waals surface area (Å²) in [5.41, 5.74) is -1.00. The van der Waals surface area contributed by atoms with Crippen LogP contribution in [-0.2, 0) is 6.42 Å². The number of hydrogen-bond donors (Lipinski definition) is 1. The van der Waals surface area contributed by atoms with Crippen molar-refractivity contribution < 1.29 is 5.11 Å². The molecular weight excluding hydrogens is 332 g/mol. The molecule has 8 heteroatoms. The average molecular weight is 345 g/mol. The molecule has 0 saturated heterocycles. The van der Waals surface area contributed by atoms with Gasteiger partial charge < -0.3 is 5.11 Å². The molecule has 2 atom stereocenters. The second-order valence-electron chi connectivity index (χ2n) is 5.47. The molecule has 1 aliphatic carbocycles. The Labute approximate surface area is 131 Å². The number of halogens is 4. The Kier molecular flexibility index (Phi) is 3.27. The lowest BCUT2D eigenvalue weighted by atomic mass is 9.82. The topological polar surface area (TPSA) is 50.9 Å². The highest BCUT2D eigenvalue weighted by Gasteiger charge is 2.60. The normalized spacial score (nSPS) is 33.0. The summed E-state index contributed by atoms with van der Waals surface area (Å²) in [4.78, 5) is 3.62. The van der Waals surface area contributed by atoms with Crippen molar-refractivity contribution >= 4 is 46.4 Å². The number of rotatable bonds is 2. The van der Waals surface area contributed by atoms with Gasteiger partial charge in [-0.3, -0.25) is 0 Å². The summed E-state index contributed by atoms with van der Waals surface area (Å²) in [6, 6.07) is -0.208. The largest absolute Gasteiger partial charge is 0.387 e. The summed E-state index contributed by atoms with van der Waals surface area (Å²) in [6.07, 6.45) is 4.16. The average Bonchev–Trinajstić information content (AvgIpc) is 2.86. The Bertz CT molecular complexity index is 496. The minimum absolute atomic E-state index is 0.208. The fourth-order valence-electron chi connectivity index (χ4n) is 2.86. The van der Waals surface area contributed by atoms with E-state index in [-0.39, 0.29) is 12.5 Å². The third-order valence-electron chi connectivity index (χ3n) is 4.01. The highest BCUT2D eigenvalue weighted by molar-refractivity contribution is 6.67. The van der Waals surface area contributed by atoms with Crippen molar-refractivity contribution in [1.82, 2.24) is 14.8 Å². The minimum Gasteiger partial charge on any atom is -0.387 e. The minimum atomic E-state index is -1.39. The van der Waals surface area contributed by atoms with E-state index >= 15 is 0 Å². The van der Waals surface area contributed by atoms with E-state index in [1.807, 2.05) is 0 Å². The van der Waals surface area contributed by atoms with Crippen LogP contribution in [-0.4, -0.2) is 34.1 Å². The highest BCUT2D eigenvalue weighted by Crippen LogP contribution is 2.56. The molecule has 19 heavy (non-hydrogen) atoms. The van der Waals surface area contributed by atoms with Crippen molar-refractivity contribution in [2.75, 3.05) is 0 Å². The molecule has 2 aliphatic rings. The predicted molar refractivity (Wildman–Crippen MR) is 75.1 cm³/mol. The molecule has 106 valence electrons. The van der Waals surface area contributed by atoms with Gasteiger partial charge in [0.2, 0.25) is 0 Å². The molecule has 2 heterocycles. The van der Waals surface area contributed by atoms with Crippen LogP contribution in [0.4, 0.5) is 0 Å². The third kappa shape index (κ3) is 2.58. The van der Waals surface area contributed by atoms with Crippen molar-refractivity contribution in [2.45, 2.75) is 52.4 Å². The van der Waals surface area contributed by atoms with Crippen LogP contribution in [0, 0.1) is 0 Å². The van der Waals surface area contributed by atoms with Gasteiger partial charge in [-0.15, -0.1) is 11.6 Å². The fourth-order valence-corrected chi connectivity index (χ4v) is 3.63. The quantitative estimate of drug-likeness (QED) is 0.839. The van der Waals surface area contributed by atoms with E-state index in [1.165, 1.54) is 6.33 Å². The lowest BCUT2D eigenvalue weighted by Crippen LogP contribution is -2.49. The monoisotopic (exact) mass is 343 g/mol. The van der Waals surface area contributed by atoms with Gasteiger partial charge in [-0.1, -0.05) is 34.8 Å². The standard InChI is InChI=1S/C11H13Cl4N3O/c12-9(1-2-9)10(19)3-7(4-11(13,14)15)18-8(5-10)16-6-17-18/h6-7,19H,1-5H2. The van der Waals surface area contributed by atoms with E-state index in [4.69, 9.17) is 46.4 Å². The molecule has 4 nitrogen and oxygen atoms in total. The molecule has 0 bridgehead atoms. The number of aliphatic hydroxyl groups is 1. The van der Waals surface area contributed by atoms with Gasteiger partial charge in [0.15, 0.2) is 3.79 Å². The van der Waals surface area contributed by atoms with Crippen LogP contribution in [0.2, 0.25) is 0 Å². The summed E-state index contributed by atoms with van der Waals surface area (Å²) >= 11 is 24.1. The van der Waals surface area contributed by atoms with Gasteiger partial charge in [-0.25, -0.2) is 9.67 Å². The van der Waals surface area contributed by atoms with Crippen molar-refractivity contribution in [2.24, 2.45) is 0 Å². The zero-order valence-corrected chi connectivity index (χ0v) is 13.0. The maximum absolute atomic E-state index is 10.9. The first-order valence-corrected chi connectivity index (χ1v) is 7.60. The smallest absolute Gasteiger partial charge is 0.192 e. The molecule has 0 radical (unpaired) electrons. The summed E-state index contributed by atoms with van der Waals surface area (Å²) in [6.45, 7) is 0. The van der Waals surface area contributed by atoms with E-state index in [9.17, 15) is 5.11 Å². The van der Waals surface area contributed by atoms with Gasteiger partial charge >= 0.3 is 0 Å². The van der Waals surface area contributed by atoms with Crippen LogP contribution in [0.1, 0.15) is 37.5 Å². The molecule has 1 saturated carbocycles. The van der Waals surface area contributed by atoms with E-state index in [2.05, 4.69) is 10.1 Å². The van der Waals surface area contributed by atoms with Crippen molar-refractivity contribution in [1.29, 1.82) is 0 Å². The first-order valence-electron chi connectivity index (χ1n) is 6.09. The Morgan fingerprint density at radius 3 is 2.68 bits per heavy atom. The van der Waals surface area contributed by atoms with Gasteiger partial charge in [0.05, 0.1) is 16.5 Å². The molecule has 1 aromatic rings. The molecule has 3 rings (SSSR count). The van der Waals surface area contributed by atoms with Crippen LogP contribution >= 0.6 is 46.4 Å². The lowest BCUT2D eigenvalue weighted by Gasteiger charge is -2.40. The molecule has 1 aromatic heterocycles. The van der Waals surface area contributed by atoms with Crippen LogP contribution in [0.3, 0.4) is 0 Å². The zero-order valence-electron chi connectivity index (χ0n) is 9.99. The molecule has 2 unspecified atom stereocenters. The maximum Gasteiger partial charge on any atom is 0.192 e. The second-order valence-corrected chi connectivity index (χ2v) is 8.71. The Hall–Kier alpha value is 0.260. The maximum atomic E-state index is 10.9. The zero-order chi connectivity index (χ0) is 13.9. The highest BCUT2D eigenvalue weighted by atomic mass is 35.6. The molecule has 0 spiro atoms. The fraction of sp³-hybridized carbons (Fsp3) is 0.818. The van der Waals surface area contributed by atoms with Gasteiger partial charge in [-0.05, 0) is 12.8 Å². The number of alkyl halides is 4. The van der Waals surface area contributed by atoms with Gasteiger partial charge in [0.1, 0.15) is 12.2 Å². The molecule has 1 aliphatic heterocycles. The molecule has 1 N–H and O–H groups in total. The Balaban J connectivity index is 1.92. The second kappa shape index (κ2) is 4.38. The van der Waals surface area contributed by atoms with Crippen molar-refractivity contribution in [3.63, 3.8) is 0 Å². The summed E-state index contributed by atoms with van der Waals surface area (Å²) in [5.74, 6) is 0.694. The predicted octanol–water partition coefficient (Wildman–Crippen LogP) is 3.03. The third-order valence-corrected chi connectivity index (χ3v) is 5.20. The SMILES string of the molecule is OC1(C2(Cl)CC2)Cc2ncnn2C(CC(Cl)(Cl)Cl)C1. The van der Waals surface area contributed by atoms with E-state index in [0.29, 0.717) is 18.7 Å². The van der Waals surface area contributed by atoms with Crippen LogP contribution in [0.5, 0.6) is 0 Å². The Morgan fingerprint density at radius 1 is 1.42 bits per heavy atom. The van der Waals surface area contributed by atoms with E-state index < -0.39 is 14.3 Å². The van der Waals surface area contributed by atoms with Gasteiger partial charge in [-0.2, -0.15) is 5.10 Å².